The van der Waals surface area contributed by atoms with Gasteiger partial charge < -0.3 is 0 Å². The van der Waals surface area contributed by atoms with E-state index in [1.165, 1.54) is 6.42 Å². The maximum atomic E-state index is 10.3. The van der Waals surface area contributed by atoms with E-state index in [1.807, 2.05) is 0 Å². The zero-order valence-corrected chi connectivity index (χ0v) is 10.1. The number of hydrogen-bond donors (Lipinski definition) is 2. The molecule has 0 aliphatic rings. The minimum absolute atomic E-state index is 0. The van der Waals surface area contributed by atoms with Crippen LogP contribution in [0.3, 0.4) is 0 Å². The fourth-order valence-corrected chi connectivity index (χ4v) is 1.78. The molecule has 0 aliphatic carbocycles. The molecule has 14 heavy (non-hydrogen) atoms. The Balaban J connectivity index is 0. The van der Waals surface area contributed by atoms with Crippen LogP contribution in [-0.4, -0.2) is 58.9 Å². The van der Waals surface area contributed by atoms with Crippen LogP contribution in [0, 0.1) is 5.92 Å². The third-order valence-corrected chi connectivity index (χ3v) is 2.77. The van der Waals surface area contributed by atoms with Crippen LogP contribution in [-0.2, 0) is 7.47 Å². The van der Waals surface area contributed by atoms with Crippen LogP contribution in [0.25, 0.3) is 0 Å². The first-order chi connectivity index (χ1) is 5.92. The molecule has 0 rings (SSSR count). The van der Waals surface area contributed by atoms with Gasteiger partial charge in [-0.2, -0.15) is 0 Å². The Bertz CT molecular complexity index is 169. The van der Waals surface area contributed by atoms with Crippen molar-refractivity contribution in [1.82, 2.24) is 0 Å². The normalized spacial score (nSPS) is 11.5. The van der Waals surface area contributed by atoms with Crippen LogP contribution >= 0.6 is 0 Å². The van der Waals surface area contributed by atoms with Crippen LogP contribution in [0.15, 0.2) is 0 Å². The van der Waals surface area contributed by atoms with Crippen molar-refractivity contribution in [2.24, 2.45) is 5.92 Å². The van der Waals surface area contributed by atoms with E-state index in [0.29, 0.717) is 5.92 Å². The van der Waals surface area contributed by atoms with Gasteiger partial charge in [-0.1, -0.05) is 0 Å². The number of hydrogen-bond acceptors (Lipinski definition) is 2. The van der Waals surface area contributed by atoms with E-state index < -0.39 is 14.5 Å². The molecule has 0 saturated heterocycles. The second-order valence-corrected chi connectivity index (χ2v) is 6.17. The van der Waals surface area contributed by atoms with E-state index in [2.05, 4.69) is 17.6 Å². The van der Waals surface area contributed by atoms with E-state index in [1.54, 1.807) is 0 Å². The summed E-state index contributed by atoms with van der Waals surface area (Å²) < 4.78 is 31.5. The van der Waals surface area contributed by atoms with Gasteiger partial charge in [0.1, 0.15) is 0 Å². The fourth-order valence-electron chi connectivity index (χ4n) is 1.01. The van der Waals surface area contributed by atoms with Crippen molar-refractivity contribution in [3.63, 3.8) is 0 Å². The Morgan fingerprint density at radius 2 is 1.79 bits per heavy atom. The third kappa shape index (κ3) is 15.7. The molecular formula is C8H20AsNaO4. The molecule has 2 N–H and O–H groups in total. The molecule has 0 aromatic heterocycles. The zero-order valence-electron chi connectivity index (χ0n) is 8.27. The zero-order chi connectivity index (χ0) is 10.3. The Kier molecular flexibility index (Phi) is 11.9. The van der Waals surface area contributed by atoms with Crippen LogP contribution < -0.4 is 0 Å². The molecule has 0 unspecified atom stereocenters. The SMILES string of the molecule is CC(C)CCCCCO[As](=O)(O)O.[NaH]. The summed E-state index contributed by atoms with van der Waals surface area (Å²) in [4.78, 5) is 0. The average molecular weight is 278 g/mol. The first-order valence-electron chi connectivity index (χ1n) is 4.62. The van der Waals surface area contributed by atoms with Crippen LogP contribution in [0.4, 0.5) is 0 Å². The molecule has 0 heterocycles. The number of rotatable bonds is 7. The van der Waals surface area contributed by atoms with Crippen LogP contribution in [0.5, 0.6) is 0 Å². The minimum atomic E-state index is -4.79. The Morgan fingerprint density at radius 1 is 1.21 bits per heavy atom. The van der Waals surface area contributed by atoms with E-state index in [-0.39, 0.29) is 36.2 Å². The number of unbranched alkanes of at least 4 members (excludes halogenated alkanes) is 2. The molecule has 0 amide bonds. The van der Waals surface area contributed by atoms with Gasteiger partial charge in [0.15, 0.2) is 0 Å². The molecule has 0 aromatic rings. The summed E-state index contributed by atoms with van der Waals surface area (Å²) in [5.74, 6) is 0.701. The monoisotopic (exact) mass is 278 g/mol. The average Bonchev–Trinajstić information content (AvgIpc) is 1.93. The molecule has 0 atom stereocenters. The molecule has 0 bridgehead atoms. The molecule has 0 spiro atoms. The van der Waals surface area contributed by atoms with E-state index in [4.69, 9.17) is 8.19 Å². The standard InChI is InChI=1S/C8H19AsO4.Na.H/c1-8(2)6-4-3-5-7-13-9(10,11)12;;/h8H,3-7H2,1-2H3,(H2,10,11,12);;. The Labute approximate surface area is 111 Å². The van der Waals surface area contributed by atoms with Gasteiger partial charge >= 0.3 is 112 Å². The van der Waals surface area contributed by atoms with E-state index >= 15 is 0 Å². The van der Waals surface area contributed by atoms with E-state index in [0.717, 1.165) is 19.3 Å². The van der Waals surface area contributed by atoms with Crippen LogP contribution in [0.2, 0.25) is 0 Å². The van der Waals surface area contributed by atoms with Crippen molar-refractivity contribution in [2.75, 3.05) is 6.61 Å². The van der Waals surface area contributed by atoms with Crippen molar-refractivity contribution in [2.45, 2.75) is 39.5 Å². The molecule has 6 heteroatoms. The summed E-state index contributed by atoms with van der Waals surface area (Å²) in [7, 11) is 0. The first kappa shape index (κ1) is 17.6. The summed E-state index contributed by atoms with van der Waals surface area (Å²) in [6, 6.07) is 0. The second kappa shape index (κ2) is 9.46. The summed E-state index contributed by atoms with van der Waals surface area (Å²) >= 11 is -4.79. The van der Waals surface area contributed by atoms with Gasteiger partial charge in [0.05, 0.1) is 0 Å². The Morgan fingerprint density at radius 3 is 2.21 bits per heavy atom. The van der Waals surface area contributed by atoms with Crippen molar-refractivity contribution < 1.29 is 15.7 Å². The van der Waals surface area contributed by atoms with Crippen molar-refractivity contribution in [3.05, 3.63) is 0 Å². The summed E-state index contributed by atoms with van der Waals surface area (Å²) in [6.07, 6.45) is 3.99. The van der Waals surface area contributed by atoms with Crippen LogP contribution in [0.1, 0.15) is 39.5 Å². The predicted molar refractivity (Wildman–Crippen MR) is 57.3 cm³/mol. The van der Waals surface area contributed by atoms with Gasteiger partial charge in [-0.25, -0.2) is 0 Å². The van der Waals surface area contributed by atoms with Crippen molar-refractivity contribution >= 4 is 44.1 Å². The maximum absolute atomic E-state index is 10.3. The van der Waals surface area contributed by atoms with Crippen molar-refractivity contribution in [1.29, 1.82) is 0 Å². The quantitative estimate of drug-likeness (QED) is 0.523. The summed E-state index contributed by atoms with van der Waals surface area (Å²) in [5, 5.41) is 0. The molecule has 0 aromatic carbocycles. The molecule has 0 fully saturated rings. The van der Waals surface area contributed by atoms with Gasteiger partial charge in [-0.05, 0) is 0 Å². The van der Waals surface area contributed by atoms with E-state index in [9.17, 15) is 3.74 Å². The summed E-state index contributed by atoms with van der Waals surface area (Å²) in [5.41, 5.74) is 0. The van der Waals surface area contributed by atoms with Gasteiger partial charge in [0.2, 0.25) is 0 Å². The van der Waals surface area contributed by atoms with Gasteiger partial charge in [-0.3, -0.25) is 0 Å². The molecule has 0 radical (unpaired) electrons. The fraction of sp³-hybridized carbons (Fsp3) is 1.00. The van der Waals surface area contributed by atoms with Gasteiger partial charge in [-0.15, -0.1) is 0 Å². The topological polar surface area (TPSA) is 66.8 Å². The molecular weight excluding hydrogens is 258 g/mol. The Hall–Kier alpha value is 1.24. The van der Waals surface area contributed by atoms with Gasteiger partial charge in [0.25, 0.3) is 0 Å². The van der Waals surface area contributed by atoms with Gasteiger partial charge in [0, 0.05) is 0 Å². The molecule has 82 valence electrons. The third-order valence-electron chi connectivity index (χ3n) is 1.69. The predicted octanol–water partition coefficient (Wildman–Crippen LogP) is 0.422. The molecule has 4 nitrogen and oxygen atoms in total. The van der Waals surface area contributed by atoms with Crippen molar-refractivity contribution in [3.8, 4) is 0 Å². The summed E-state index contributed by atoms with van der Waals surface area (Å²) in [6.45, 7) is 4.51. The second-order valence-electron chi connectivity index (χ2n) is 3.57. The molecule has 0 saturated carbocycles. The first-order valence-corrected chi connectivity index (χ1v) is 7.83. The molecule has 0 aliphatic heterocycles.